The normalized spacial score (nSPS) is 29.8. The molecule has 0 aliphatic carbocycles. The number of benzene rings is 1. The van der Waals surface area contributed by atoms with Crippen molar-refractivity contribution in [2.75, 3.05) is 19.8 Å². The van der Waals surface area contributed by atoms with Crippen LogP contribution in [0.25, 0.3) is 0 Å². The third-order valence-electron chi connectivity index (χ3n) is 4.05. The van der Waals surface area contributed by atoms with Gasteiger partial charge in [0.1, 0.15) is 11.9 Å². The molecule has 4 nitrogen and oxygen atoms in total. The molecule has 0 saturated carbocycles. The summed E-state index contributed by atoms with van der Waals surface area (Å²) in [5, 5.41) is 0. The molecule has 2 saturated heterocycles. The lowest BCUT2D eigenvalue weighted by Crippen LogP contribution is -2.44. The summed E-state index contributed by atoms with van der Waals surface area (Å²) in [5.74, 6) is 0.886. The molecule has 20 heavy (non-hydrogen) atoms. The van der Waals surface area contributed by atoms with Crippen molar-refractivity contribution in [3.63, 3.8) is 0 Å². The van der Waals surface area contributed by atoms with E-state index in [0.717, 1.165) is 48.3 Å². The Balaban J connectivity index is 1.71. The average Bonchev–Trinajstić information content (AvgIpc) is 2.89. The van der Waals surface area contributed by atoms with E-state index in [9.17, 15) is 0 Å². The molecule has 110 valence electrons. The van der Waals surface area contributed by atoms with Gasteiger partial charge in [0, 0.05) is 42.5 Å². The van der Waals surface area contributed by atoms with Crippen molar-refractivity contribution in [2.24, 2.45) is 5.73 Å². The Morgan fingerprint density at radius 1 is 1.40 bits per heavy atom. The number of rotatable bonds is 3. The predicted octanol–water partition coefficient (Wildman–Crippen LogP) is 2.62. The van der Waals surface area contributed by atoms with Crippen molar-refractivity contribution >= 4 is 15.9 Å². The Morgan fingerprint density at radius 3 is 3.05 bits per heavy atom. The van der Waals surface area contributed by atoms with Gasteiger partial charge in [-0.15, -0.1) is 0 Å². The van der Waals surface area contributed by atoms with Gasteiger partial charge in [0.25, 0.3) is 0 Å². The van der Waals surface area contributed by atoms with Crippen molar-refractivity contribution in [1.29, 1.82) is 0 Å². The van der Waals surface area contributed by atoms with Crippen LogP contribution in [0.2, 0.25) is 0 Å². The van der Waals surface area contributed by atoms with Crippen molar-refractivity contribution in [3.8, 4) is 5.75 Å². The lowest BCUT2D eigenvalue weighted by Gasteiger charge is -2.37. The van der Waals surface area contributed by atoms with E-state index in [0.29, 0.717) is 13.2 Å². The van der Waals surface area contributed by atoms with Crippen LogP contribution in [-0.2, 0) is 16.0 Å². The predicted molar refractivity (Wildman–Crippen MR) is 79.8 cm³/mol. The molecule has 2 aliphatic rings. The lowest BCUT2D eigenvalue weighted by atomic mass is 9.91. The van der Waals surface area contributed by atoms with Crippen molar-refractivity contribution < 1.29 is 14.2 Å². The van der Waals surface area contributed by atoms with E-state index in [-0.39, 0.29) is 11.7 Å². The maximum Gasteiger partial charge on any atom is 0.124 e. The molecule has 2 heterocycles. The van der Waals surface area contributed by atoms with Crippen LogP contribution in [0, 0.1) is 0 Å². The monoisotopic (exact) mass is 341 g/mol. The van der Waals surface area contributed by atoms with E-state index < -0.39 is 0 Å². The average molecular weight is 342 g/mol. The van der Waals surface area contributed by atoms with Gasteiger partial charge < -0.3 is 19.9 Å². The second-order valence-electron chi connectivity index (χ2n) is 5.52. The zero-order valence-electron chi connectivity index (χ0n) is 11.4. The Bertz CT molecular complexity index is 474. The Kier molecular flexibility index (Phi) is 4.31. The van der Waals surface area contributed by atoms with Gasteiger partial charge in [-0.3, -0.25) is 0 Å². The van der Waals surface area contributed by atoms with Crippen molar-refractivity contribution in [1.82, 2.24) is 0 Å². The van der Waals surface area contributed by atoms with Gasteiger partial charge in [-0.2, -0.15) is 0 Å². The molecule has 0 bridgehead atoms. The molecule has 2 unspecified atom stereocenters. The quantitative estimate of drug-likeness (QED) is 0.918. The highest BCUT2D eigenvalue weighted by atomic mass is 79.9. The van der Waals surface area contributed by atoms with Gasteiger partial charge in [-0.1, -0.05) is 15.9 Å². The number of hydrogen-bond acceptors (Lipinski definition) is 4. The number of ether oxygens (including phenoxy) is 3. The van der Waals surface area contributed by atoms with Gasteiger partial charge in [-0.05, 0) is 18.2 Å². The summed E-state index contributed by atoms with van der Waals surface area (Å²) in [7, 11) is 0. The molecule has 3 rings (SSSR count). The summed E-state index contributed by atoms with van der Waals surface area (Å²) in [6, 6.07) is 5.99. The molecule has 0 radical (unpaired) electrons. The smallest absolute Gasteiger partial charge is 0.124 e. The molecule has 0 aromatic heterocycles. The molecule has 0 amide bonds. The van der Waals surface area contributed by atoms with Gasteiger partial charge in [0.15, 0.2) is 0 Å². The summed E-state index contributed by atoms with van der Waals surface area (Å²) in [5.41, 5.74) is 6.70. The highest BCUT2D eigenvalue weighted by molar-refractivity contribution is 9.10. The first-order valence-corrected chi connectivity index (χ1v) is 7.87. The molecular weight excluding hydrogens is 322 g/mol. The van der Waals surface area contributed by atoms with E-state index in [1.165, 1.54) is 0 Å². The first-order chi connectivity index (χ1) is 9.71. The van der Waals surface area contributed by atoms with E-state index in [1.807, 2.05) is 18.2 Å². The summed E-state index contributed by atoms with van der Waals surface area (Å²) in [6.45, 7) is 2.70. The van der Waals surface area contributed by atoms with E-state index in [1.54, 1.807) is 0 Å². The van der Waals surface area contributed by atoms with Crippen LogP contribution in [0.5, 0.6) is 5.75 Å². The van der Waals surface area contributed by atoms with Crippen LogP contribution in [0.15, 0.2) is 22.7 Å². The van der Waals surface area contributed by atoms with Crippen LogP contribution in [-0.4, -0.2) is 31.5 Å². The Morgan fingerprint density at radius 2 is 2.30 bits per heavy atom. The second kappa shape index (κ2) is 6.02. The second-order valence-corrected chi connectivity index (χ2v) is 6.44. The molecule has 1 aromatic rings. The minimum atomic E-state index is -0.124. The molecule has 1 aromatic carbocycles. The molecule has 2 fully saturated rings. The van der Waals surface area contributed by atoms with Crippen LogP contribution >= 0.6 is 15.9 Å². The molecule has 2 atom stereocenters. The fourth-order valence-corrected chi connectivity index (χ4v) is 3.36. The third-order valence-corrected chi connectivity index (χ3v) is 4.54. The maximum atomic E-state index is 6.18. The molecule has 2 aliphatic heterocycles. The number of hydrogen-bond donors (Lipinski definition) is 1. The third kappa shape index (κ3) is 3.01. The highest BCUT2D eigenvalue weighted by Crippen LogP contribution is 2.35. The first-order valence-electron chi connectivity index (χ1n) is 7.08. The van der Waals surface area contributed by atoms with Crippen LogP contribution in [0.3, 0.4) is 0 Å². The van der Waals surface area contributed by atoms with Crippen molar-refractivity contribution in [3.05, 3.63) is 28.2 Å². The fraction of sp³-hybridized carbons (Fsp3) is 0.600. The largest absolute Gasteiger partial charge is 0.490 e. The standard InChI is InChI=1S/C15H20BrNO3/c16-12-1-2-14(11(7-12)9-17)20-13-3-5-19-15(8-13)4-6-18-10-15/h1-2,7,13H,3-6,8-10,17H2. The van der Waals surface area contributed by atoms with E-state index in [4.69, 9.17) is 19.9 Å². The zero-order chi connectivity index (χ0) is 14.0. The minimum Gasteiger partial charge on any atom is -0.490 e. The SMILES string of the molecule is NCc1cc(Br)ccc1OC1CCOC2(CCOC2)C1. The van der Waals surface area contributed by atoms with Crippen LogP contribution in [0.1, 0.15) is 24.8 Å². The maximum absolute atomic E-state index is 6.18. The molecule has 2 N–H and O–H groups in total. The fourth-order valence-electron chi connectivity index (χ4n) is 2.95. The van der Waals surface area contributed by atoms with Gasteiger partial charge >= 0.3 is 0 Å². The molecule has 1 spiro atoms. The zero-order valence-corrected chi connectivity index (χ0v) is 13.0. The van der Waals surface area contributed by atoms with Gasteiger partial charge in [0.05, 0.1) is 18.8 Å². The van der Waals surface area contributed by atoms with Crippen molar-refractivity contribution in [2.45, 2.75) is 37.5 Å². The number of nitrogens with two attached hydrogens (primary N) is 1. The van der Waals surface area contributed by atoms with Crippen LogP contribution in [0.4, 0.5) is 0 Å². The summed E-state index contributed by atoms with van der Waals surface area (Å²) in [6.07, 6.45) is 2.96. The van der Waals surface area contributed by atoms with Gasteiger partial charge in [0.2, 0.25) is 0 Å². The summed E-state index contributed by atoms with van der Waals surface area (Å²) < 4.78 is 18.6. The first kappa shape index (κ1) is 14.3. The topological polar surface area (TPSA) is 53.7 Å². The number of halogens is 1. The Labute approximate surface area is 127 Å². The molecular formula is C15H20BrNO3. The van der Waals surface area contributed by atoms with Gasteiger partial charge in [-0.25, -0.2) is 0 Å². The minimum absolute atomic E-state index is 0.124. The summed E-state index contributed by atoms with van der Waals surface area (Å²) >= 11 is 3.46. The molecule has 5 heteroatoms. The van der Waals surface area contributed by atoms with E-state index >= 15 is 0 Å². The Hall–Kier alpha value is -0.620. The lowest BCUT2D eigenvalue weighted by molar-refractivity contribution is -0.112. The highest BCUT2D eigenvalue weighted by Gasteiger charge is 2.41. The summed E-state index contributed by atoms with van der Waals surface area (Å²) in [4.78, 5) is 0. The van der Waals surface area contributed by atoms with E-state index in [2.05, 4.69) is 15.9 Å². The van der Waals surface area contributed by atoms with Crippen LogP contribution < -0.4 is 10.5 Å².